The van der Waals surface area contributed by atoms with Gasteiger partial charge in [0, 0.05) is 5.56 Å². The number of hydrogen-bond acceptors (Lipinski definition) is 1. The summed E-state index contributed by atoms with van der Waals surface area (Å²) in [5.41, 5.74) is 13.6. The van der Waals surface area contributed by atoms with Crippen LogP contribution in [0.1, 0.15) is 21.5 Å². The van der Waals surface area contributed by atoms with Crippen molar-refractivity contribution in [1.29, 1.82) is 0 Å². The highest BCUT2D eigenvalue weighted by atomic mass is 16.1. The fourth-order valence-electron chi connectivity index (χ4n) is 3.56. The molecule has 1 amide bonds. The number of nitrogens with two attached hydrogens (primary N) is 1. The number of carbonyl (C=O) groups is 1. The molecule has 0 atom stereocenters. The number of carbonyl (C=O) groups excluding carboxylic acids is 1. The molecule has 1 aliphatic rings. The highest BCUT2D eigenvalue weighted by Gasteiger charge is 2.15. The molecule has 0 saturated heterocycles. The lowest BCUT2D eigenvalue weighted by Crippen LogP contribution is -2.10. The quantitative estimate of drug-likeness (QED) is 0.429. The summed E-state index contributed by atoms with van der Waals surface area (Å²) in [4.78, 5) is 11.0. The predicted molar refractivity (Wildman–Crippen MR) is 115 cm³/mol. The van der Waals surface area contributed by atoms with E-state index >= 15 is 0 Å². The van der Waals surface area contributed by atoms with Crippen molar-refractivity contribution in [2.45, 2.75) is 6.42 Å². The Morgan fingerprint density at radius 1 is 0.607 bits per heavy atom. The van der Waals surface area contributed by atoms with Gasteiger partial charge in [-0.15, -0.1) is 0 Å². The minimum absolute atomic E-state index is 0.396. The molecule has 0 aromatic heterocycles. The molecule has 28 heavy (non-hydrogen) atoms. The molecule has 2 nitrogen and oxygen atoms in total. The first-order valence-corrected chi connectivity index (χ1v) is 9.34. The van der Waals surface area contributed by atoms with E-state index in [1.165, 1.54) is 22.3 Å². The van der Waals surface area contributed by atoms with Crippen LogP contribution in [0.4, 0.5) is 0 Å². The molecule has 1 aliphatic carbocycles. The van der Waals surface area contributed by atoms with Crippen LogP contribution in [0.25, 0.3) is 22.3 Å². The van der Waals surface area contributed by atoms with Crippen LogP contribution in [0.3, 0.4) is 0 Å². The summed E-state index contributed by atoms with van der Waals surface area (Å²) in [7, 11) is 0. The summed E-state index contributed by atoms with van der Waals surface area (Å²) in [6.45, 7) is 0. The highest BCUT2D eigenvalue weighted by Crippen LogP contribution is 2.35. The number of fused-ring (bicyclic) bond motifs is 3. The minimum Gasteiger partial charge on any atom is -0.366 e. The van der Waals surface area contributed by atoms with Gasteiger partial charge in [0.25, 0.3) is 0 Å². The van der Waals surface area contributed by atoms with Gasteiger partial charge < -0.3 is 5.73 Å². The molecule has 4 aromatic carbocycles. The van der Waals surface area contributed by atoms with E-state index in [-0.39, 0.29) is 0 Å². The van der Waals surface area contributed by atoms with E-state index in [1.54, 1.807) is 12.1 Å². The lowest BCUT2D eigenvalue weighted by atomic mass is 10.0. The number of primary amides is 1. The van der Waals surface area contributed by atoms with Crippen molar-refractivity contribution < 1.29 is 4.79 Å². The molecule has 0 saturated carbocycles. The maximum absolute atomic E-state index is 11.0. The Kier molecular flexibility index (Phi) is 5.03. The first-order chi connectivity index (χ1) is 13.7. The molecule has 2 heteroatoms. The van der Waals surface area contributed by atoms with E-state index in [0.717, 1.165) is 17.5 Å². The van der Waals surface area contributed by atoms with E-state index in [0.29, 0.717) is 5.56 Å². The molecular weight excluding hydrogens is 342 g/mol. The standard InChI is InChI=1S/C13H11NO.C13H10/c14-13(15)12-8-4-7-11(9-12)10-5-2-1-3-6-10;1-3-7-12-10(5-1)9-11-6-2-4-8-13(11)12/h1-9H,(H2,14,15);1-8H,9H2. The van der Waals surface area contributed by atoms with Crippen LogP contribution in [0.5, 0.6) is 0 Å². The fourth-order valence-corrected chi connectivity index (χ4v) is 3.56. The molecule has 0 fully saturated rings. The SMILES string of the molecule is NC(=O)c1cccc(-c2ccccc2)c1.c1ccc2c(c1)Cc1ccccc1-2. The Labute approximate surface area is 165 Å². The molecule has 0 spiro atoms. The van der Waals surface area contributed by atoms with Crippen molar-refractivity contribution in [3.05, 3.63) is 120 Å². The zero-order valence-electron chi connectivity index (χ0n) is 15.5. The van der Waals surface area contributed by atoms with Gasteiger partial charge in [-0.25, -0.2) is 0 Å². The van der Waals surface area contributed by atoms with Crippen molar-refractivity contribution in [1.82, 2.24) is 0 Å². The van der Waals surface area contributed by atoms with E-state index < -0.39 is 5.91 Å². The summed E-state index contributed by atoms with van der Waals surface area (Å²) < 4.78 is 0. The molecule has 0 aliphatic heterocycles. The molecular formula is C26H21NO. The first-order valence-electron chi connectivity index (χ1n) is 9.34. The third kappa shape index (κ3) is 3.72. The van der Waals surface area contributed by atoms with Gasteiger partial charge in [0.05, 0.1) is 0 Å². The van der Waals surface area contributed by atoms with Crippen molar-refractivity contribution in [3.8, 4) is 22.3 Å². The van der Waals surface area contributed by atoms with Crippen LogP contribution < -0.4 is 5.73 Å². The monoisotopic (exact) mass is 363 g/mol. The lowest BCUT2D eigenvalue weighted by Gasteiger charge is -2.02. The lowest BCUT2D eigenvalue weighted by molar-refractivity contribution is 0.100. The Balaban J connectivity index is 0.000000138. The van der Waals surface area contributed by atoms with Crippen LogP contribution in [0, 0.1) is 0 Å². The predicted octanol–water partition coefficient (Wildman–Crippen LogP) is 5.71. The van der Waals surface area contributed by atoms with Crippen LogP contribution in [0.15, 0.2) is 103 Å². The second-order valence-electron chi connectivity index (χ2n) is 6.80. The number of benzene rings is 4. The summed E-state index contributed by atoms with van der Waals surface area (Å²) in [6.07, 6.45) is 1.10. The van der Waals surface area contributed by atoms with Crippen molar-refractivity contribution in [2.24, 2.45) is 5.73 Å². The Morgan fingerprint density at radius 3 is 1.75 bits per heavy atom. The third-order valence-electron chi connectivity index (χ3n) is 4.96. The summed E-state index contributed by atoms with van der Waals surface area (Å²) in [5.74, 6) is -0.396. The Morgan fingerprint density at radius 2 is 1.14 bits per heavy atom. The number of rotatable bonds is 2. The van der Waals surface area contributed by atoms with E-state index in [4.69, 9.17) is 5.73 Å². The van der Waals surface area contributed by atoms with Crippen molar-refractivity contribution in [3.63, 3.8) is 0 Å². The second kappa shape index (κ2) is 7.93. The van der Waals surface area contributed by atoms with Gasteiger partial charge in [-0.1, -0.05) is 91.0 Å². The van der Waals surface area contributed by atoms with Crippen molar-refractivity contribution >= 4 is 5.91 Å². The highest BCUT2D eigenvalue weighted by molar-refractivity contribution is 5.94. The minimum atomic E-state index is -0.396. The molecule has 4 aromatic rings. The molecule has 0 radical (unpaired) electrons. The smallest absolute Gasteiger partial charge is 0.248 e. The average Bonchev–Trinajstić information content (AvgIpc) is 3.14. The molecule has 0 unspecified atom stereocenters. The molecule has 5 rings (SSSR count). The molecule has 136 valence electrons. The van der Waals surface area contributed by atoms with E-state index in [1.807, 2.05) is 42.5 Å². The topological polar surface area (TPSA) is 43.1 Å². The number of amides is 1. The van der Waals surface area contributed by atoms with Crippen LogP contribution in [-0.2, 0) is 6.42 Å². The zero-order valence-corrected chi connectivity index (χ0v) is 15.5. The van der Waals surface area contributed by atoms with Crippen LogP contribution in [0.2, 0.25) is 0 Å². The van der Waals surface area contributed by atoms with Gasteiger partial charge >= 0.3 is 0 Å². The van der Waals surface area contributed by atoms with Gasteiger partial charge in [-0.05, 0) is 51.9 Å². The Bertz CT molecular complexity index is 1070. The second-order valence-corrected chi connectivity index (χ2v) is 6.80. The maximum atomic E-state index is 11.0. The molecule has 0 bridgehead atoms. The third-order valence-corrected chi connectivity index (χ3v) is 4.96. The van der Waals surface area contributed by atoms with E-state index in [9.17, 15) is 4.79 Å². The van der Waals surface area contributed by atoms with Crippen LogP contribution >= 0.6 is 0 Å². The largest absolute Gasteiger partial charge is 0.366 e. The molecule has 0 heterocycles. The summed E-state index contributed by atoms with van der Waals surface area (Å²) in [5, 5.41) is 0. The van der Waals surface area contributed by atoms with Gasteiger partial charge in [0.2, 0.25) is 5.91 Å². The zero-order chi connectivity index (χ0) is 19.3. The maximum Gasteiger partial charge on any atom is 0.248 e. The van der Waals surface area contributed by atoms with Gasteiger partial charge in [-0.3, -0.25) is 4.79 Å². The summed E-state index contributed by atoms with van der Waals surface area (Å²) in [6, 6.07) is 34.5. The van der Waals surface area contributed by atoms with Gasteiger partial charge in [0.15, 0.2) is 0 Å². The average molecular weight is 363 g/mol. The van der Waals surface area contributed by atoms with Gasteiger partial charge in [-0.2, -0.15) is 0 Å². The summed E-state index contributed by atoms with van der Waals surface area (Å²) >= 11 is 0. The van der Waals surface area contributed by atoms with E-state index in [2.05, 4.69) is 48.5 Å². The van der Waals surface area contributed by atoms with Gasteiger partial charge in [0.1, 0.15) is 0 Å². The van der Waals surface area contributed by atoms with Crippen LogP contribution in [-0.4, -0.2) is 5.91 Å². The number of hydrogen-bond donors (Lipinski definition) is 1. The van der Waals surface area contributed by atoms with Crippen molar-refractivity contribution in [2.75, 3.05) is 0 Å². The fraction of sp³-hybridized carbons (Fsp3) is 0.0385. The Hall–Kier alpha value is -3.65. The normalized spacial score (nSPS) is 11.0. The first kappa shape index (κ1) is 17.7. The molecule has 2 N–H and O–H groups in total.